The third-order valence-electron chi connectivity index (χ3n) is 5.25. The highest BCUT2D eigenvalue weighted by atomic mass is 16.5. The largest absolute Gasteiger partial charge is 0.458 e. The van der Waals surface area contributed by atoms with E-state index in [2.05, 4.69) is 31.2 Å². The van der Waals surface area contributed by atoms with Gasteiger partial charge in [0.15, 0.2) is 0 Å². The van der Waals surface area contributed by atoms with E-state index >= 15 is 0 Å². The van der Waals surface area contributed by atoms with Crippen molar-refractivity contribution in [1.82, 2.24) is 0 Å². The number of carbonyl (C=O) groups excluding carboxylic acids is 1. The normalized spacial score (nSPS) is 19.9. The number of nitrogen functional groups attached to an aromatic ring is 2. The first-order chi connectivity index (χ1) is 13.0. The average Bonchev–Trinajstić information content (AvgIpc) is 2.65. The minimum absolute atomic E-state index is 0.150. The van der Waals surface area contributed by atoms with E-state index in [0.717, 1.165) is 17.0 Å². The van der Waals surface area contributed by atoms with Crippen molar-refractivity contribution in [3.63, 3.8) is 0 Å². The molecule has 0 atom stereocenters. The van der Waals surface area contributed by atoms with Gasteiger partial charge in [-0.25, -0.2) is 4.79 Å². The Morgan fingerprint density at radius 3 is 2.30 bits per heavy atom. The second-order valence-corrected chi connectivity index (χ2v) is 7.57. The molecule has 2 aromatic carbocycles. The van der Waals surface area contributed by atoms with Crippen LogP contribution in [0.3, 0.4) is 0 Å². The molecule has 4 heteroatoms. The summed E-state index contributed by atoms with van der Waals surface area (Å²) in [5, 5.41) is 0. The van der Waals surface area contributed by atoms with Crippen molar-refractivity contribution in [3.8, 4) is 0 Å². The van der Waals surface area contributed by atoms with Gasteiger partial charge < -0.3 is 16.2 Å². The fourth-order valence-electron chi connectivity index (χ4n) is 3.67. The standard InChI is InChI=1S/C23H28N2O2/c1-16-2-7-19(8-3-16)20-9-4-17(5-10-20)6-11-23(26)27-15-18-12-21(24)14-22(25)13-18/h4-6,9-14,16,19H,2-3,7-8,15,24-25H2,1H3/b11-6+. The molecular weight excluding hydrogens is 336 g/mol. The molecule has 0 bridgehead atoms. The van der Waals surface area contributed by atoms with Crippen LogP contribution in [0.25, 0.3) is 6.08 Å². The second-order valence-electron chi connectivity index (χ2n) is 7.57. The fourth-order valence-corrected chi connectivity index (χ4v) is 3.67. The zero-order valence-electron chi connectivity index (χ0n) is 15.9. The van der Waals surface area contributed by atoms with Crippen molar-refractivity contribution < 1.29 is 9.53 Å². The second kappa shape index (κ2) is 8.76. The van der Waals surface area contributed by atoms with Gasteiger partial charge in [-0.15, -0.1) is 0 Å². The highest BCUT2D eigenvalue weighted by molar-refractivity contribution is 5.87. The van der Waals surface area contributed by atoms with E-state index in [-0.39, 0.29) is 12.6 Å². The van der Waals surface area contributed by atoms with Crippen molar-refractivity contribution >= 4 is 23.4 Å². The first-order valence-corrected chi connectivity index (χ1v) is 9.59. The maximum absolute atomic E-state index is 11.9. The monoisotopic (exact) mass is 364 g/mol. The first kappa shape index (κ1) is 19.0. The molecule has 1 fully saturated rings. The van der Waals surface area contributed by atoms with E-state index in [4.69, 9.17) is 16.2 Å². The summed E-state index contributed by atoms with van der Waals surface area (Å²) in [6, 6.07) is 13.7. The summed E-state index contributed by atoms with van der Waals surface area (Å²) in [5.41, 5.74) is 15.8. The number of anilines is 2. The predicted molar refractivity (Wildman–Crippen MR) is 111 cm³/mol. The lowest BCUT2D eigenvalue weighted by Crippen LogP contribution is -2.10. The molecule has 0 saturated heterocycles. The van der Waals surface area contributed by atoms with Crippen LogP contribution in [0.4, 0.5) is 11.4 Å². The lowest BCUT2D eigenvalue weighted by molar-refractivity contribution is -0.138. The van der Waals surface area contributed by atoms with Gasteiger partial charge in [0.2, 0.25) is 0 Å². The van der Waals surface area contributed by atoms with Crippen LogP contribution in [0, 0.1) is 5.92 Å². The number of carbonyl (C=O) groups is 1. The van der Waals surface area contributed by atoms with Gasteiger partial charge in [0.05, 0.1) is 0 Å². The first-order valence-electron chi connectivity index (χ1n) is 9.59. The molecule has 2 aromatic rings. The third kappa shape index (κ3) is 5.61. The Hall–Kier alpha value is -2.75. The SMILES string of the molecule is CC1CCC(c2ccc(/C=C/C(=O)OCc3cc(N)cc(N)c3)cc2)CC1. The third-order valence-corrected chi connectivity index (χ3v) is 5.25. The Balaban J connectivity index is 1.51. The zero-order chi connectivity index (χ0) is 19.2. The Morgan fingerprint density at radius 1 is 1.04 bits per heavy atom. The molecule has 0 radical (unpaired) electrons. The van der Waals surface area contributed by atoms with Crippen LogP contribution in [0.2, 0.25) is 0 Å². The molecule has 3 rings (SSSR count). The number of hydrogen-bond acceptors (Lipinski definition) is 4. The lowest BCUT2D eigenvalue weighted by Gasteiger charge is -2.26. The predicted octanol–water partition coefficient (Wildman–Crippen LogP) is 4.90. The van der Waals surface area contributed by atoms with E-state index in [0.29, 0.717) is 17.3 Å². The topological polar surface area (TPSA) is 78.3 Å². The lowest BCUT2D eigenvalue weighted by atomic mass is 9.79. The maximum atomic E-state index is 11.9. The number of rotatable bonds is 5. The molecular formula is C23H28N2O2. The van der Waals surface area contributed by atoms with Gasteiger partial charge in [0.25, 0.3) is 0 Å². The minimum atomic E-state index is -0.388. The summed E-state index contributed by atoms with van der Waals surface area (Å²) in [6.45, 7) is 2.49. The zero-order valence-corrected chi connectivity index (χ0v) is 15.9. The minimum Gasteiger partial charge on any atom is -0.458 e. The van der Waals surface area contributed by atoms with Crippen LogP contribution < -0.4 is 11.5 Å². The van der Waals surface area contributed by atoms with Gasteiger partial charge >= 0.3 is 5.97 Å². The highest BCUT2D eigenvalue weighted by Gasteiger charge is 2.19. The summed E-state index contributed by atoms with van der Waals surface area (Å²) in [6.07, 6.45) is 8.41. The van der Waals surface area contributed by atoms with Gasteiger partial charge in [-0.05, 0) is 65.6 Å². The van der Waals surface area contributed by atoms with Crippen molar-refractivity contribution in [2.75, 3.05) is 11.5 Å². The van der Waals surface area contributed by atoms with E-state index in [1.54, 1.807) is 24.3 Å². The van der Waals surface area contributed by atoms with Crippen molar-refractivity contribution in [3.05, 3.63) is 65.2 Å². The molecule has 27 heavy (non-hydrogen) atoms. The molecule has 0 aromatic heterocycles. The molecule has 0 amide bonds. The summed E-state index contributed by atoms with van der Waals surface area (Å²) in [4.78, 5) is 11.9. The Kier molecular flexibility index (Phi) is 6.17. The molecule has 4 N–H and O–H groups in total. The molecule has 0 unspecified atom stereocenters. The fraction of sp³-hybridized carbons (Fsp3) is 0.348. The Morgan fingerprint density at radius 2 is 1.67 bits per heavy atom. The van der Waals surface area contributed by atoms with Crippen LogP contribution in [0.1, 0.15) is 55.2 Å². The molecule has 0 heterocycles. The molecule has 0 aliphatic heterocycles. The summed E-state index contributed by atoms with van der Waals surface area (Å²) < 4.78 is 5.25. The van der Waals surface area contributed by atoms with Crippen LogP contribution in [0.15, 0.2) is 48.5 Å². The van der Waals surface area contributed by atoms with Crippen LogP contribution >= 0.6 is 0 Å². The molecule has 4 nitrogen and oxygen atoms in total. The van der Waals surface area contributed by atoms with Gasteiger partial charge in [-0.1, -0.05) is 44.0 Å². The van der Waals surface area contributed by atoms with E-state index in [1.165, 1.54) is 37.3 Å². The van der Waals surface area contributed by atoms with Crippen LogP contribution in [-0.4, -0.2) is 5.97 Å². The van der Waals surface area contributed by atoms with Crippen LogP contribution in [0.5, 0.6) is 0 Å². The molecule has 1 saturated carbocycles. The summed E-state index contributed by atoms with van der Waals surface area (Å²) >= 11 is 0. The van der Waals surface area contributed by atoms with E-state index in [1.807, 2.05) is 0 Å². The summed E-state index contributed by atoms with van der Waals surface area (Å²) in [5.74, 6) is 1.15. The maximum Gasteiger partial charge on any atom is 0.331 e. The van der Waals surface area contributed by atoms with E-state index < -0.39 is 0 Å². The van der Waals surface area contributed by atoms with Crippen molar-refractivity contribution in [1.29, 1.82) is 0 Å². The number of esters is 1. The number of ether oxygens (including phenoxy) is 1. The van der Waals surface area contributed by atoms with Gasteiger partial charge in [-0.2, -0.15) is 0 Å². The molecule has 0 spiro atoms. The van der Waals surface area contributed by atoms with E-state index in [9.17, 15) is 4.79 Å². The number of benzene rings is 2. The molecule has 142 valence electrons. The summed E-state index contributed by atoms with van der Waals surface area (Å²) in [7, 11) is 0. The Labute approximate surface area is 161 Å². The van der Waals surface area contributed by atoms with Crippen molar-refractivity contribution in [2.45, 2.75) is 45.1 Å². The average molecular weight is 364 g/mol. The van der Waals surface area contributed by atoms with Crippen LogP contribution in [-0.2, 0) is 16.1 Å². The van der Waals surface area contributed by atoms with Crippen molar-refractivity contribution in [2.24, 2.45) is 5.92 Å². The Bertz CT molecular complexity index is 783. The molecule has 1 aliphatic rings. The number of hydrogen-bond donors (Lipinski definition) is 2. The number of nitrogens with two attached hydrogens (primary N) is 2. The quantitative estimate of drug-likeness (QED) is 0.449. The highest BCUT2D eigenvalue weighted by Crippen LogP contribution is 2.35. The van der Waals surface area contributed by atoms with Gasteiger partial charge in [-0.3, -0.25) is 0 Å². The molecule has 1 aliphatic carbocycles. The smallest absolute Gasteiger partial charge is 0.331 e. The van der Waals surface area contributed by atoms with Gasteiger partial charge in [0.1, 0.15) is 6.61 Å². The van der Waals surface area contributed by atoms with Gasteiger partial charge in [0, 0.05) is 17.5 Å².